The SMILES string of the molecule is CC1CCNCC1Oc1c([N+](=O)[O-])ccc(F)c1F. The molecule has 1 aliphatic rings. The van der Waals surface area contributed by atoms with Gasteiger partial charge in [-0.05, 0) is 24.9 Å². The summed E-state index contributed by atoms with van der Waals surface area (Å²) in [7, 11) is 0. The van der Waals surface area contributed by atoms with Crippen LogP contribution in [0.1, 0.15) is 13.3 Å². The number of rotatable bonds is 3. The molecule has 5 nitrogen and oxygen atoms in total. The highest BCUT2D eigenvalue weighted by molar-refractivity contribution is 5.47. The molecule has 7 heteroatoms. The summed E-state index contributed by atoms with van der Waals surface area (Å²) in [5, 5.41) is 13.9. The topological polar surface area (TPSA) is 64.4 Å². The van der Waals surface area contributed by atoms with Gasteiger partial charge in [-0.1, -0.05) is 6.92 Å². The molecule has 1 fully saturated rings. The quantitative estimate of drug-likeness (QED) is 0.677. The molecule has 19 heavy (non-hydrogen) atoms. The van der Waals surface area contributed by atoms with Crippen LogP contribution in [0.5, 0.6) is 5.75 Å². The van der Waals surface area contributed by atoms with Crippen molar-refractivity contribution in [3.8, 4) is 5.75 Å². The fraction of sp³-hybridized carbons (Fsp3) is 0.500. The predicted octanol–water partition coefficient (Wildman–Crippen LogP) is 2.25. The molecule has 1 saturated heterocycles. The lowest BCUT2D eigenvalue weighted by atomic mass is 9.97. The minimum absolute atomic E-state index is 0.114. The van der Waals surface area contributed by atoms with Gasteiger partial charge in [0.1, 0.15) is 6.10 Å². The van der Waals surface area contributed by atoms with Crippen molar-refractivity contribution in [2.24, 2.45) is 5.92 Å². The molecule has 2 unspecified atom stereocenters. The Morgan fingerprint density at radius 1 is 1.47 bits per heavy atom. The highest BCUT2D eigenvalue weighted by Gasteiger charge is 2.29. The van der Waals surface area contributed by atoms with Crippen molar-refractivity contribution in [3.63, 3.8) is 0 Å². The second kappa shape index (κ2) is 5.48. The maximum atomic E-state index is 13.7. The lowest BCUT2D eigenvalue weighted by Crippen LogP contribution is -2.43. The van der Waals surface area contributed by atoms with E-state index in [1.54, 1.807) is 0 Å². The monoisotopic (exact) mass is 272 g/mol. The van der Waals surface area contributed by atoms with Gasteiger partial charge in [0.05, 0.1) is 4.92 Å². The van der Waals surface area contributed by atoms with Gasteiger partial charge in [0.2, 0.25) is 11.6 Å². The molecule has 0 aromatic heterocycles. The predicted molar refractivity (Wildman–Crippen MR) is 64.1 cm³/mol. The van der Waals surface area contributed by atoms with Gasteiger partial charge in [-0.15, -0.1) is 0 Å². The van der Waals surface area contributed by atoms with E-state index in [-0.39, 0.29) is 5.92 Å². The molecule has 0 saturated carbocycles. The zero-order valence-corrected chi connectivity index (χ0v) is 10.4. The van der Waals surface area contributed by atoms with Gasteiger partial charge in [0.25, 0.3) is 0 Å². The normalized spacial score (nSPS) is 23.1. The highest BCUT2D eigenvalue weighted by atomic mass is 19.2. The molecular formula is C12H14F2N2O3. The first kappa shape index (κ1) is 13.7. The first-order chi connectivity index (χ1) is 9.00. The zero-order valence-electron chi connectivity index (χ0n) is 10.4. The molecule has 0 radical (unpaired) electrons. The summed E-state index contributed by atoms with van der Waals surface area (Å²) in [5.74, 6) is -2.97. The van der Waals surface area contributed by atoms with Gasteiger partial charge in [0.15, 0.2) is 5.82 Å². The summed E-state index contributed by atoms with van der Waals surface area (Å²) in [5.41, 5.74) is -0.559. The smallest absolute Gasteiger partial charge is 0.314 e. The average molecular weight is 272 g/mol. The van der Waals surface area contributed by atoms with E-state index in [4.69, 9.17) is 4.74 Å². The van der Waals surface area contributed by atoms with Gasteiger partial charge in [0, 0.05) is 12.6 Å². The summed E-state index contributed by atoms with van der Waals surface area (Å²) >= 11 is 0. The van der Waals surface area contributed by atoms with Crippen LogP contribution in [0.4, 0.5) is 14.5 Å². The molecule has 0 amide bonds. The van der Waals surface area contributed by atoms with Gasteiger partial charge < -0.3 is 10.1 Å². The summed E-state index contributed by atoms with van der Waals surface area (Å²) in [6, 6.07) is 1.64. The van der Waals surface area contributed by atoms with Crippen molar-refractivity contribution in [3.05, 3.63) is 33.9 Å². The number of piperidine rings is 1. The Morgan fingerprint density at radius 3 is 2.84 bits per heavy atom. The lowest BCUT2D eigenvalue weighted by Gasteiger charge is -2.29. The molecule has 1 heterocycles. The summed E-state index contributed by atoms with van der Waals surface area (Å²) in [4.78, 5) is 10.1. The van der Waals surface area contributed by atoms with Gasteiger partial charge in [-0.3, -0.25) is 10.1 Å². The van der Waals surface area contributed by atoms with Gasteiger partial charge in [-0.25, -0.2) is 4.39 Å². The summed E-state index contributed by atoms with van der Waals surface area (Å²) < 4.78 is 32.2. The van der Waals surface area contributed by atoms with E-state index >= 15 is 0 Å². The number of nitro benzene ring substituents is 1. The molecule has 1 aromatic carbocycles. The van der Waals surface area contributed by atoms with E-state index in [0.717, 1.165) is 25.1 Å². The minimum atomic E-state index is -1.31. The van der Waals surface area contributed by atoms with E-state index in [1.165, 1.54) is 0 Å². The Kier molecular flexibility index (Phi) is 3.94. The summed E-state index contributed by atoms with van der Waals surface area (Å²) in [6.07, 6.45) is 0.402. The van der Waals surface area contributed by atoms with Crippen LogP contribution in [0.3, 0.4) is 0 Å². The largest absolute Gasteiger partial charge is 0.480 e. The van der Waals surface area contributed by atoms with Crippen molar-refractivity contribution in [2.45, 2.75) is 19.4 Å². The van der Waals surface area contributed by atoms with E-state index in [9.17, 15) is 18.9 Å². The van der Waals surface area contributed by atoms with E-state index < -0.39 is 34.1 Å². The van der Waals surface area contributed by atoms with Crippen LogP contribution >= 0.6 is 0 Å². The number of hydrogen-bond acceptors (Lipinski definition) is 4. The number of nitrogens with one attached hydrogen (secondary N) is 1. The van der Waals surface area contributed by atoms with Crippen LogP contribution in [0.2, 0.25) is 0 Å². The third-order valence-electron chi connectivity index (χ3n) is 3.25. The number of nitro groups is 1. The Balaban J connectivity index is 2.32. The first-order valence-electron chi connectivity index (χ1n) is 6.00. The van der Waals surface area contributed by atoms with Crippen molar-refractivity contribution in [1.82, 2.24) is 5.32 Å². The second-order valence-corrected chi connectivity index (χ2v) is 4.59. The van der Waals surface area contributed by atoms with Crippen molar-refractivity contribution in [1.29, 1.82) is 0 Å². The Bertz CT molecular complexity index is 496. The molecule has 0 aliphatic carbocycles. The zero-order chi connectivity index (χ0) is 14.0. The third-order valence-corrected chi connectivity index (χ3v) is 3.25. The van der Waals surface area contributed by atoms with E-state index in [0.29, 0.717) is 6.54 Å². The van der Waals surface area contributed by atoms with Gasteiger partial charge in [-0.2, -0.15) is 4.39 Å². The van der Waals surface area contributed by atoms with Crippen LogP contribution in [0.15, 0.2) is 12.1 Å². The Hall–Kier alpha value is -1.76. The van der Waals surface area contributed by atoms with E-state index in [2.05, 4.69) is 5.32 Å². The molecule has 1 aliphatic heterocycles. The first-order valence-corrected chi connectivity index (χ1v) is 6.00. The maximum Gasteiger partial charge on any atom is 0.314 e. The number of benzene rings is 1. The minimum Gasteiger partial charge on any atom is -0.480 e. The number of ether oxygens (including phenoxy) is 1. The number of nitrogens with zero attached hydrogens (tertiary/aromatic N) is 1. The lowest BCUT2D eigenvalue weighted by molar-refractivity contribution is -0.386. The van der Waals surface area contributed by atoms with Crippen LogP contribution in [0.25, 0.3) is 0 Å². The van der Waals surface area contributed by atoms with Crippen molar-refractivity contribution in [2.75, 3.05) is 13.1 Å². The molecule has 104 valence electrons. The fourth-order valence-corrected chi connectivity index (χ4v) is 2.05. The molecule has 0 bridgehead atoms. The average Bonchev–Trinajstić information content (AvgIpc) is 2.37. The van der Waals surface area contributed by atoms with Gasteiger partial charge >= 0.3 is 5.69 Å². The Morgan fingerprint density at radius 2 is 2.21 bits per heavy atom. The van der Waals surface area contributed by atoms with Crippen molar-refractivity contribution >= 4 is 5.69 Å². The maximum absolute atomic E-state index is 13.7. The van der Waals surface area contributed by atoms with Crippen LogP contribution < -0.4 is 10.1 Å². The number of halogens is 2. The molecule has 1 aromatic rings. The van der Waals surface area contributed by atoms with E-state index in [1.807, 2.05) is 6.92 Å². The number of hydrogen-bond donors (Lipinski definition) is 1. The molecule has 2 rings (SSSR count). The molecular weight excluding hydrogens is 258 g/mol. The third kappa shape index (κ3) is 2.81. The molecule has 2 atom stereocenters. The van der Waals surface area contributed by atoms with Crippen LogP contribution in [0, 0.1) is 27.7 Å². The molecule has 0 spiro atoms. The van der Waals surface area contributed by atoms with Crippen molar-refractivity contribution < 1.29 is 18.4 Å². The second-order valence-electron chi connectivity index (χ2n) is 4.59. The molecule has 1 N–H and O–H groups in total. The standard InChI is InChI=1S/C12H14F2N2O3/c1-7-4-5-15-6-10(7)19-12-9(16(17)18)3-2-8(13)11(12)14/h2-3,7,10,15H,4-6H2,1H3. The van der Waals surface area contributed by atoms with Crippen LogP contribution in [-0.2, 0) is 0 Å². The fourth-order valence-electron chi connectivity index (χ4n) is 2.05. The Labute approximate surface area is 108 Å². The van der Waals surface area contributed by atoms with Crippen LogP contribution in [-0.4, -0.2) is 24.1 Å². The summed E-state index contributed by atoms with van der Waals surface area (Å²) in [6.45, 7) is 3.18. The highest BCUT2D eigenvalue weighted by Crippen LogP contribution is 2.33.